The van der Waals surface area contributed by atoms with Crippen molar-refractivity contribution in [1.29, 1.82) is 0 Å². The molecule has 9 heteroatoms. The summed E-state index contributed by atoms with van der Waals surface area (Å²) < 4.78 is 50.8. The summed E-state index contributed by atoms with van der Waals surface area (Å²) in [7, 11) is -3.42. The Morgan fingerprint density at radius 2 is 1.58 bits per heavy atom. The number of carbonyl (C=O) groups excluding carboxylic acids is 1. The molecule has 0 bridgehead atoms. The van der Waals surface area contributed by atoms with E-state index in [-0.39, 0.29) is 29.0 Å². The SMILES string of the molecule is CCc1cccc(CNC[C@H](O)[C@H](Cc2cc(F)cc(F)c2)NC(=O)c2ccc(S(C)(=O)=O)cc2)c1. The van der Waals surface area contributed by atoms with Gasteiger partial charge in [-0.2, -0.15) is 0 Å². The van der Waals surface area contributed by atoms with Gasteiger partial charge in [0.25, 0.3) is 5.91 Å². The summed E-state index contributed by atoms with van der Waals surface area (Å²) in [5.41, 5.74) is 2.70. The molecular formula is C27H30F2N2O4S. The molecule has 0 saturated carbocycles. The number of carbonyl (C=O) groups is 1. The van der Waals surface area contributed by atoms with Gasteiger partial charge in [-0.25, -0.2) is 17.2 Å². The maximum absolute atomic E-state index is 13.7. The van der Waals surface area contributed by atoms with Crippen LogP contribution >= 0.6 is 0 Å². The summed E-state index contributed by atoms with van der Waals surface area (Å²) in [6, 6.07) is 15.6. The zero-order valence-corrected chi connectivity index (χ0v) is 21.0. The molecule has 3 rings (SSSR count). The fourth-order valence-electron chi connectivity index (χ4n) is 3.84. The van der Waals surface area contributed by atoms with Crippen molar-refractivity contribution in [3.8, 4) is 0 Å². The molecule has 0 aliphatic rings. The Kier molecular flexibility index (Phi) is 9.31. The fraction of sp³-hybridized carbons (Fsp3) is 0.296. The van der Waals surface area contributed by atoms with Crippen molar-refractivity contribution >= 4 is 15.7 Å². The number of hydrogen-bond acceptors (Lipinski definition) is 5. The highest BCUT2D eigenvalue weighted by molar-refractivity contribution is 7.90. The Hall–Kier alpha value is -3.14. The minimum atomic E-state index is -3.42. The maximum Gasteiger partial charge on any atom is 0.251 e. The van der Waals surface area contributed by atoms with E-state index in [9.17, 15) is 27.1 Å². The smallest absolute Gasteiger partial charge is 0.251 e. The van der Waals surface area contributed by atoms with Gasteiger partial charge in [-0.05, 0) is 65.9 Å². The highest BCUT2D eigenvalue weighted by Crippen LogP contribution is 2.14. The molecule has 3 aromatic rings. The van der Waals surface area contributed by atoms with E-state index in [0.29, 0.717) is 6.54 Å². The van der Waals surface area contributed by atoms with Crippen LogP contribution in [0.5, 0.6) is 0 Å². The lowest BCUT2D eigenvalue weighted by Crippen LogP contribution is -2.48. The Balaban J connectivity index is 1.73. The quantitative estimate of drug-likeness (QED) is 0.363. The predicted octanol–water partition coefficient (Wildman–Crippen LogP) is 3.42. The highest BCUT2D eigenvalue weighted by atomic mass is 32.2. The minimum absolute atomic E-state index is 0.0178. The Labute approximate surface area is 210 Å². The van der Waals surface area contributed by atoms with Gasteiger partial charge in [-0.1, -0.05) is 31.2 Å². The molecule has 3 aromatic carbocycles. The van der Waals surface area contributed by atoms with Crippen LogP contribution in [0.25, 0.3) is 0 Å². The first-order valence-corrected chi connectivity index (χ1v) is 13.5. The summed E-state index contributed by atoms with van der Waals surface area (Å²) in [6.07, 6.45) is 0.874. The van der Waals surface area contributed by atoms with Gasteiger partial charge in [0.15, 0.2) is 9.84 Å². The van der Waals surface area contributed by atoms with E-state index in [4.69, 9.17) is 0 Å². The van der Waals surface area contributed by atoms with Crippen molar-refractivity contribution in [2.45, 2.75) is 43.4 Å². The molecule has 2 atom stereocenters. The molecule has 3 N–H and O–H groups in total. The molecule has 0 aliphatic carbocycles. The molecule has 192 valence electrons. The second-order valence-corrected chi connectivity index (χ2v) is 10.7. The third-order valence-electron chi connectivity index (χ3n) is 5.79. The molecule has 6 nitrogen and oxygen atoms in total. The molecule has 36 heavy (non-hydrogen) atoms. The molecule has 0 radical (unpaired) electrons. The van der Waals surface area contributed by atoms with Crippen LogP contribution in [0, 0.1) is 11.6 Å². The normalized spacial score (nSPS) is 13.2. The van der Waals surface area contributed by atoms with Crippen LogP contribution in [0.1, 0.15) is 34.0 Å². The molecule has 0 aromatic heterocycles. The number of aliphatic hydroxyl groups is 1. The highest BCUT2D eigenvalue weighted by Gasteiger charge is 2.23. The minimum Gasteiger partial charge on any atom is -0.390 e. The van der Waals surface area contributed by atoms with Crippen molar-refractivity contribution in [2.24, 2.45) is 0 Å². The number of nitrogens with one attached hydrogen (secondary N) is 2. The lowest BCUT2D eigenvalue weighted by molar-refractivity contribution is 0.0829. The Bertz CT molecular complexity index is 1280. The van der Waals surface area contributed by atoms with Crippen LogP contribution in [-0.4, -0.2) is 44.4 Å². The van der Waals surface area contributed by atoms with E-state index in [0.717, 1.165) is 36.4 Å². The van der Waals surface area contributed by atoms with E-state index in [1.165, 1.54) is 29.8 Å². The van der Waals surface area contributed by atoms with Gasteiger partial charge in [-0.15, -0.1) is 0 Å². The molecule has 0 unspecified atom stereocenters. The van der Waals surface area contributed by atoms with Crippen LogP contribution in [0.2, 0.25) is 0 Å². The second kappa shape index (κ2) is 12.2. The number of sulfone groups is 1. The van der Waals surface area contributed by atoms with E-state index in [2.05, 4.69) is 23.6 Å². The van der Waals surface area contributed by atoms with Crippen LogP contribution < -0.4 is 10.6 Å². The molecule has 0 spiro atoms. The Morgan fingerprint density at radius 3 is 2.19 bits per heavy atom. The summed E-state index contributed by atoms with van der Waals surface area (Å²) in [6.45, 7) is 2.67. The topological polar surface area (TPSA) is 95.5 Å². The van der Waals surface area contributed by atoms with Crippen LogP contribution in [0.15, 0.2) is 71.6 Å². The molecular weight excluding hydrogens is 486 g/mol. The van der Waals surface area contributed by atoms with Crippen molar-refractivity contribution < 1.29 is 27.1 Å². The number of aliphatic hydroxyl groups excluding tert-OH is 1. The largest absolute Gasteiger partial charge is 0.390 e. The first-order chi connectivity index (χ1) is 17.0. The van der Waals surface area contributed by atoms with Gasteiger partial charge in [0, 0.05) is 31.0 Å². The number of hydrogen-bond donors (Lipinski definition) is 3. The molecule has 0 saturated heterocycles. The van der Waals surface area contributed by atoms with Crippen molar-refractivity contribution in [3.05, 3.63) is 101 Å². The standard InChI is InChI=1S/C27H30F2N2O4S/c1-3-18-5-4-6-19(11-18)16-30-17-26(32)25(14-20-12-22(28)15-23(29)13-20)31-27(33)21-7-9-24(10-8-21)36(2,34)35/h4-13,15,25-26,30,32H,3,14,16-17H2,1-2H3,(H,31,33)/t25-,26-/m0/s1. The summed E-state index contributed by atoms with van der Waals surface area (Å²) in [4.78, 5) is 12.9. The number of rotatable bonds is 11. The van der Waals surface area contributed by atoms with Crippen molar-refractivity contribution in [3.63, 3.8) is 0 Å². The summed E-state index contributed by atoms with van der Waals surface area (Å²) in [5, 5.41) is 16.8. The van der Waals surface area contributed by atoms with Gasteiger partial charge in [0.1, 0.15) is 11.6 Å². The number of benzene rings is 3. The van der Waals surface area contributed by atoms with Crippen LogP contribution in [0.3, 0.4) is 0 Å². The van der Waals surface area contributed by atoms with Gasteiger partial charge in [-0.3, -0.25) is 4.79 Å². The van der Waals surface area contributed by atoms with Gasteiger partial charge >= 0.3 is 0 Å². The molecule has 0 fully saturated rings. The summed E-state index contributed by atoms with van der Waals surface area (Å²) >= 11 is 0. The summed E-state index contributed by atoms with van der Waals surface area (Å²) in [5.74, 6) is -2.06. The number of halogens is 2. The fourth-order valence-corrected chi connectivity index (χ4v) is 4.47. The first-order valence-electron chi connectivity index (χ1n) is 11.6. The molecule has 0 aliphatic heterocycles. The monoisotopic (exact) mass is 516 g/mol. The second-order valence-electron chi connectivity index (χ2n) is 8.73. The van der Waals surface area contributed by atoms with Crippen LogP contribution in [-0.2, 0) is 29.2 Å². The zero-order chi connectivity index (χ0) is 26.3. The Morgan fingerprint density at radius 1 is 0.944 bits per heavy atom. The van der Waals surface area contributed by atoms with E-state index >= 15 is 0 Å². The maximum atomic E-state index is 13.7. The van der Waals surface area contributed by atoms with Crippen molar-refractivity contribution in [1.82, 2.24) is 10.6 Å². The lowest BCUT2D eigenvalue weighted by atomic mass is 10.00. The van der Waals surface area contributed by atoms with E-state index < -0.39 is 39.5 Å². The average Bonchev–Trinajstić information content (AvgIpc) is 2.82. The third-order valence-corrected chi connectivity index (χ3v) is 6.91. The van der Waals surface area contributed by atoms with Gasteiger partial charge in [0.05, 0.1) is 17.0 Å². The van der Waals surface area contributed by atoms with E-state index in [1.54, 1.807) is 0 Å². The van der Waals surface area contributed by atoms with Gasteiger partial charge < -0.3 is 15.7 Å². The van der Waals surface area contributed by atoms with E-state index in [1.807, 2.05) is 18.2 Å². The third kappa shape index (κ3) is 7.94. The van der Waals surface area contributed by atoms with Crippen LogP contribution in [0.4, 0.5) is 8.78 Å². The number of aryl methyl sites for hydroxylation is 1. The van der Waals surface area contributed by atoms with Crippen molar-refractivity contribution in [2.75, 3.05) is 12.8 Å². The first kappa shape index (κ1) is 27.4. The zero-order valence-electron chi connectivity index (χ0n) is 20.2. The predicted molar refractivity (Wildman–Crippen MR) is 134 cm³/mol. The van der Waals surface area contributed by atoms with Gasteiger partial charge in [0.2, 0.25) is 0 Å². The molecule has 1 amide bonds. The lowest BCUT2D eigenvalue weighted by Gasteiger charge is -2.25. The molecule has 0 heterocycles. The average molecular weight is 517 g/mol. The number of amides is 1.